The topological polar surface area (TPSA) is 67.1 Å². The van der Waals surface area contributed by atoms with E-state index in [9.17, 15) is 4.79 Å². The number of terminal acetylenes is 2. The molecule has 6 nitrogen and oxygen atoms in total. The van der Waals surface area contributed by atoms with Crippen molar-refractivity contribution in [2.75, 3.05) is 13.9 Å². The number of benzene rings is 2. The highest BCUT2D eigenvalue weighted by Gasteiger charge is 2.27. The summed E-state index contributed by atoms with van der Waals surface area (Å²) >= 11 is 0. The van der Waals surface area contributed by atoms with E-state index in [1.165, 1.54) is 7.11 Å². The molecule has 0 N–H and O–H groups in total. The molecule has 1 aromatic heterocycles. The molecule has 0 aliphatic carbocycles. The van der Waals surface area contributed by atoms with E-state index in [0.717, 1.165) is 0 Å². The predicted octanol–water partition coefficient (Wildman–Crippen LogP) is 4.51. The van der Waals surface area contributed by atoms with Crippen molar-refractivity contribution in [3.8, 4) is 41.9 Å². The van der Waals surface area contributed by atoms with Crippen LogP contribution in [-0.2, 0) is 4.74 Å². The van der Waals surface area contributed by atoms with E-state index in [1.54, 1.807) is 58.0 Å². The normalized spacial score (nSPS) is 11.7. The van der Waals surface area contributed by atoms with Crippen LogP contribution in [0.5, 0.6) is 17.2 Å². The standard InChI is InChI=1S/C25H24O6/c1-8-24(3,4)30-20-13-11-17-21(26)18-14-16(28-15-27-7)10-12-19(18)29-22(17)23(20)31-25(5,6)9-2/h1-2,10-14H,15H2,3-7H3. The average Bonchev–Trinajstić information content (AvgIpc) is 2.74. The van der Waals surface area contributed by atoms with Crippen LogP contribution in [0.15, 0.2) is 39.5 Å². The summed E-state index contributed by atoms with van der Waals surface area (Å²) in [7, 11) is 1.52. The Balaban J connectivity index is 2.28. The second kappa shape index (κ2) is 8.26. The third-order valence-electron chi connectivity index (χ3n) is 4.49. The summed E-state index contributed by atoms with van der Waals surface area (Å²) in [5.41, 5.74) is -1.57. The summed E-state index contributed by atoms with van der Waals surface area (Å²) in [6.07, 6.45) is 11.2. The lowest BCUT2D eigenvalue weighted by Gasteiger charge is -2.26. The maximum absolute atomic E-state index is 13.2. The number of ether oxygens (including phenoxy) is 4. The monoisotopic (exact) mass is 420 g/mol. The fraction of sp³-hybridized carbons (Fsp3) is 0.320. The SMILES string of the molecule is C#CC(C)(C)Oc1ccc2c(=O)c3cc(OCOC)ccc3oc2c1OC(C)(C)C#C. The Kier molecular flexibility index (Phi) is 5.88. The van der Waals surface area contributed by atoms with Crippen LogP contribution in [-0.4, -0.2) is 25.1 Å². The molecule has 3 rings (SSSR count). The molecule has 0 spiro atoms. The van der Waals surface area contributed by atoms with Gasteiger partial charge in [0.2, 0.25) is 11.2 Å². The van der Waals surface area contributed by atoms with Gasteiger partial charge in [-0.05, 0) is 58.0 Å². The number of methoxy groups -OCH3 is 1. The fourth-order valence-corrected chi connectivity index (χ4v) is 2.84. The highest BCUT2D eigenvalue weighted by molar-refractivity contribution is 5.94. The van der Waals surface area contributed by atoms with Crippen LogP contribution in [0.3, 0.4) is 0 Å². The summed E-state index contributed by atoms with van der Waals surface area (Å²) in [5.74, 6) is 6.16. The molecular formula is C25H24O6. The van der Waals surface area contributed by atoms with E-state index in [-0.39, 0.29) is 23.6 Å². The Bertz CT molecular complexity index is 1270. The molecule has 0 bridgehead atoms. The van der Waals surface area contributed by atoms with Crippen molar-refractivity contribution in [1.29, 1.82) is 0 Å². The van der Waals surface area contributed by atoms with Crippen LogP contribution in [0.2, 0.25) is 0 Å². The highest BCUT2D eigenvalue weighted by atomic mass is 16.7. The molecular weight excluding hydrogens is 396 g/mol. The molecule has 0 aliphatic rings. The zero-order chi connectivity index (χ0) is 22.8. The molecule has 1 heterocycles. The highest BCUT2D eigenvalue weighted by Crippen LogP contribution is 2.40. The lowest BCUT2D eigenvalue weighted by molar-refractivity contribution is 0.0512. The van der Waals surface area contributed by atoms with Crippen molar-refractivity contribution in [3.05, 3.63) is 40.6 Å². The molecule has 0 atom stereocenters. The molecule has 6 heteroatoms. The van der Waals surface area contributed by atoms with Crippen LogP contribution < -0.4 is 19.6 Å². The van der Waals surface area contributed by atoms with Gasteiger partial charge in [-0.2, -0.15) is 0 Å². The molecule has 2 aromatic carbocycles. The second-order valence-electron chi connectivity index (χ2n) is 7.92. The summed E-state index contributed by atoms with van der Waals surface area (Å²) in [5, 5.41) is 0.672. The minimum absolute atomic E-state index is 0.0647. The maximum Gasteiger partial charge on any atom is 0.206 e. The molecule has 0 amide bonds. The van der Waals surface area contributed by atoms with Gasteiger partial charge in [0.1, 0.15) is 11.3 Å². The van der Waals surface area contributed by atoms with E-state index < -0.39 is 11.2 Å². The quantitative estimate of drug-likeness (QED) is 0.318. The molecule has 31 heavy (non-hydrogen) atoms. The van der Waals surface area contributed by atoms with E-state index in [0.29, 0.717) is 27.9 Å². The van der Waals surface area contributed by atoms with Crippen molar-refractivity contribution < 1.29 is 23.4 Å². The lowest BCUT2D eigenvalue weighted by Crippen LogP contribution is -2.29. The first kappa shape index (κ1) is 22.1. The van der Waals surface area contributed by atoms with Crippen molar-refractivity contribution in [2.45, 2.75) is 38.9 Å². The second-order valence-corrected chi connectivity index (χ2v) is 7.92. The zero-order valence-electron chi connectivity index (χ0n) is 18.2. The predicted molar refractivity (Wildman–Crippen MR) is 120 cm³/mol. The Morgan fingerprint density at radius 1 is 0.968 bits per heavy atom. The molecule has 0 radical (unpaired) electrons. The molecule has 0 saturated carbocycles. The third-order valence-corrected chi connectivity index (χ3v) is 4.49. The van der Waals surface area contributed by atoms with Crippen molar-refractivity contribution in [3.63, 3.8) is 0 Å². The van der Waals surface area contributed by atoms with Crippen LogP contribution in [0, 0.1) is 24.7 Å². The smallest absolute Gasteiger partial charge is 0.206 e. The average molecular weight is 420 g/mol. The van der Waals surface area contributed by atoms with Crippen LogP contribution in [0.4, 0.5) is 0 Å². The van der Waals surface area contributed by atoms with Gasteiger partial charge in [0, 0.05) is 7.11 Å². The summed E-state index contributed by atoms with van der Waals surface area (Å²) < 4.78 is 28.5. The van der Waals surface area contributed by atoms with E-state index in [2.05, 4.69) is 11.8 Å². The number of hydrogen-bond acceptors (Lipinski definition) is 6. The van der Waals surface area contributed by atoms with E-state index >= 15 is 0 Å². The van der Waals surface area contributed by atoms with Crippen molar-refractivity contribution >= 4 is 21.9 Å². The van der Waals surface area contributed by atoms with E-state index in [1.807, 2.05) is 0 Å². The van der Waals surface area contributed by atoms with Crippen LogP contribution in [0.1, 0.15) is 27.7 Å². The fourth-order valence-electron chi connectivity index (χ4n) is 2.84. The van der Waals surface area contributed by atoms with Crippen molar-refractivity contribution in [2.24, 2.45) is 0 Å². The van der Waals surface area contributed by atoms with Crippen LogP contribution >= 0.6 is 0 Å². The summed E-state index contributed by atoms with van der Waals surface area (Å²) in [6, 6.07) is 8.18. The van der Waals surface area contributed by atoms with Gasteiger partial charge in [0.05, 0.1) is 10.8 Å². The third kappa shape index (κ3) is 4.60. The number of rotatable bonds is 7. The first-order valence-corrected chi connectivity index (χ1v) is 9.59. The maximum atomic E-state index is 13.2. The first-order chi connectivity index (χ1) is 14.6. The van der Waals surface area contributed by atoms with Gasteiger partial charge in [0.15, 0.2) is 29.3 Å². The minimum Gasteiger partial charge on any atom is -0.471 e. The Morgan fingerprint density at radius 2 is 1.65 bits per heavy atom. The summed E-state index contributed by atoms with van der Waals surface area (Å²) in [4.78, 5) is 13.2. The van der Waals surface area contributed by atoms with Gasteiger partial charge < -0.3 is 23.4 Å². The number of fused-ring (bicyclic) bond motifs is 2. The largest absolute Gasteiger partial charge is 0.471 e. The Hall–Kier alpha value is -3.61. The zero-order valence-corrected chi connectivity index (χ0v) is 18.2. The molecule has 160 valence electrons. The van der Waals surface area contributed by atoms with Gasteiger partial charge in [-0.3, -0.25) is 4.79 Å². The number of hydrogen-bond donors (Lipinski definition) is 0. The van der Waals surface area contributed by atoms with Gasteiger partial charge in [-0.15, -0.1) is 12.8 Å². The molecule has 3 aromatic rings. The van der Waals surface area contributed by atoms with Crippen LogP contribution in [0.25, 0.3) is 21.9 Å². The van der Waals surface area contributed by atoms with Gasteiger partial charge in [-0.1, -0.05) is 11.8 Å². The van der Waals surface area contributed by atoms with Crippen molar-refractivity contribution in [1.82, 2.24) is 0 Å². The Labute approximate surface area is 181 Å². The lowest BCUT2D eigenvalue weighted by atomic mass is 10.1. The van der Waals surface area contributed by atoms with Gasteiger partial charge in [-0.25, -0.2) is 0 Å². The Morgan fingerprint density at radius 3 is 2.29 bits per heavy atom. The molecule has 0 saturated heterocycles. The first-order valence-electron chi connectivity index (χ1n) is 9.59. The van der Waals surface area contributed by atoms with Gasteiger partial charge >= 0.3 is 0 Å². The van der Waals surface area contributed by atoms with E-state index in [4.69, 9.17) is 36.2 Å². The minimum atomic E-state index is -0.988. The van der Waals surface area contributed by atoms with Gasteiger partial charge in [0.25, 0.3) is 0 Å². The molecule has 0 fully saturated rings. The molecule has 0 aliphatic heterocycles. The molecule has 0 unspecified atom stereocenters. The summed E-state index contributed by atoms with van der Waals surface area (Å²) in [6.45, 7) is 6.99.